The highest BCUT2D eigenvalue weighted by atomic mass is 32.2. The van der Waals surface area contributed by atoms with Crippen LogP contribution in [-0.4, -0.2) is 18.3 Å². The van der Waals surface area contributed by atoms with E-state index in [4.69, 9.17) is 0 Å². The van der Waals surface area contributed by atoms with Crippen LogP contribution >= 0.6 is 11.3 Å². The minimum absolute atomic E-state index is 0.144. The highest BCUT2D eigenvalue weighted by Crippen LogP contribution is 2.48. The molecule has 8 nitrogen and oxygen atoms in total. The van der Waals surface area contributed by atoms with Crippen LogP contribution in [0.1, 0.15) is 25.3 Å². The largest absolute Gasteiger partial charge is 0.335 e. The molecule has 2 aromatic rings. The molecule has 1 aromatic carbocycles. The zero-order valence-electron chi connectivity index (χ0n) is 12.1. The second-order valence-corrected chi connectivity index (χ2v) is 8.09. The Morgan fingerprint density at radius 3 is 2.04 bits per heavy atom. The number of hydrogen-bond donors (Lipinski definition) is 0. The molecule has 0 aliphatic carbocycles. The number of nitrogens with zero attached hydrogens (tertiary/aromatic N) is 2. The highest BCUT2D eigenvalue weighted by molar-refractivity contribution is 7.93. The average Bonchev–Trinajstić information content (AvgIpc) is 2.90. The van der Waals surface area contributed by atoms with Crippen molar-refractivity contribution in [3.05, 3.63) is 56.1 Å². The van der Waals surface area contributed by atoms with Gasteiger partial charge in [0.1, 0.15) is 5.56 Å². The maximum atomic E-state index is 12.7. The Balaban J connectivity index is 2.85. The molecule has 0 N–H and O–H groups in total. The van der Waals surface area contributed by atoms with Crippen molar-refractivity contribution in [3.8, 4) is 0 Å². The first kappa shape index (κ1) is 17.0. The summed E-state index contributed by atoms with van der Waals surface area (Å²) < 4.78 is 24.7. The lowest BCUT2D eigenvalue weighted by atomic mass is 10.1. The van der Waals surface area contributed by atoms with Gasteiger partial charge in [-0.15, -0.1) is 0 Å². The number of nitro groups is 2. The summed E-state index contributed by atoms with van der Waals surface area (Å²) in [6.45, 7) is 3.09. The van der Waals surface area contributed by atoms with Crippen LogP contribution in [-0.2, 0) is 9.84 Å². The van der Waals surface area contributed by atoms with Gasteiger partial charge in [-0.2, -0.15) is 0 Å². The topological polar surface area (TPSA) is 120 Å². The molecule has 2 rings (SSSR count). The summed E-state index contributed by atoms with van der Waals surface area (Å²) in [7, 11) is -4.21. The average molecular weight is 356 g/mol. The van der Waals surface area contributed by atoms with E-state index in [0.717, 1.165) is 0 Å². The van der Waals surface area contributed by atoms with E-state index in [1.165, 1.54) is 24.3 Å². The molecule has 0 saturated carbocycles. The van der Waals surface area contributed by atoms with E-state index < -0.39 is 40.5 Å². The molecule has 0 aliphatic rings. The van der Waals surface area contributed by atoms with Crippen LogP contribution in [0.4, 0.5) is 10.7 Å². The Kier molecular flexibility index (Phi) is 4.48. The smallest absolute Gasteiger partial charge is 0.258 e. The zero-order chi connectivity index (χ0) is 17.4. The fourth-order valence-corrected chi connectivity index (χ4v) is 5.23. The third-order valence-electron chi connectivity index (χ3n) is 3.09. The second kappa shape index (κ2) is 6.05. The van der Waals surface area contributed by atoms with E-state index in [-0.39, 0.29) is 10.5 Å². The predicted molar refractivity (Wildman–Crippen MR) is 83.6 cm³/mol. The molecule has 0 bridgehead atoms. The molecule has 0 atom stereocenters. The van der Waals surface area contributed by atoms with E-state index in [1.807, 2.05) is 0 Å². The molecular weight excluding hydrogens is 344 g/mol. The van der Waals surface area contributed by atoms with Crippen LogP contribution in [0.3, 0.4) is 0 Å². The van der Waals surface area contributed by atoms with Crippen molar-refractivity contribution in [2.45, 2.75) is 28.9 Å². The number of rotatable bonds is 5. The highest BCUT2D eigenvalue weighted by Gasteiger charge is 2.41. The first-order chi connectivity index (χ1) is 10.7. The van der Waals surface area contributed by atoms with E-state index in [2.05, 4.69) is 0 Å². The summed E-state index contributed by atoms with van der Waals surface area (Å²) in [4.78, 5) is 20.8. The van der Waals surface area contributed by atoms with Gasteiger partial charge in [0.2, 0.25) is 14.0 Å². The Bertz CT molecular complexity index is 871. The third kappa shape index (κ3) is 2.94. The minimum Gasteiger partial charge on any atom is -0.258 e. The van der Waals surface area contributed by atoms with E-state index in [9.17, 15) is 28.6 Å². The number of thiophene rings is 1. The summed E-state index contributed by atoms with van der Waals surface area (Å²) in [6.07, 6.45) is 0. The lowest BCUT2D eigenvalue weighted by Gasteiger charge is -2.03. The number of hydrogen-bond acceptors (Lipinski definition) is 7. The second-order valence-electron chi connectivity index (χ2n) is 4.94. The van der Waals surface area contributed by atoms with Crippen molar-refractivity contribution in [1.82, 2.24) is 0 Å². The van der Waals surface area contributed by atoms with Crippen LogP contribution in [0.5, 0.6) is 0 Å². The molecule has 1 heterocycles. The van der Waals surface area contributed by atoms with Gasteiger partial charge in [0.15, 0.2) is 0 Å². The predicted octanol–water partition coefficient (Wildman–Crippen LogP) is 3.52. The Labute approximate surface area is 135 Å². The fourth-order valence-electron chi connectivity index (χ4n) is 2.12. The van der Waals surface area contributed by atoms with Crippen molar-refractivity contribution in [1.29, 1.82) is 0 Å². The molecule has 122 valence electrons. The summed E-state index contributed by atoms with van der Waals surface area (Å²) in [5, 5.41) is 22.0. The van der Waals surface area contributed by atoms with Gasteiger partial charge in [0.25, 0.3) is 0 Å². The Morgan fingerprint density at radius 1 is 1.04 bits per heavy atom. The summed E-state index contributed by atoms with van der Waals surface area (Å²) in [5.74, 6) is -0.563. The monoisotopic (exact) mass is 356 g/mol. The van der Waals surface area contributed by atoms with Crippen LogP contribution in [0, 0.1) is 20.2 Å². The van der Waals surface area contributed by atoms with Gasteiger partial charge in [-0.05, 0) is 29.4 Å². The Hall–Kier alpha value is -2.33. The van der Waals surface area contributed by atoms with Crippen molar-refractivity contribution in [3.63, 3.8) is 0 Å². The maximum Gasteiger partial charge on any atom is 0.335 e. The van der Waals surface area contributed by atoms with E-state index in [1.54, 1.807) is 19.9 Å². The molecule has 0 spiro atoms. The van der Waals surface area contributed by atoms with Crippen LogP contribution in [0.2, 0.25) is 0 Å². The van der Waals surface area contributed by atoms with Gasteiger partial charge in [-0.1, -0.05) is 32.0 Å². The molecule has 0 amide bonds. The van der Waals surface area contributed by atoms with Crippen molar-refractivity contribution < 1.29 is 18.3 Å². The quantitative estimate of drug-likeness (QED) is 0.597. The summed E-state index contributed by atoms with van der Waals surface area (Å²) >= 11 is 0.324. The molecule has 0 saturated heterocycles. The van der Waals surface area contributed by atoms with E-state index >= 15 is 0 Å². The van der Waals surface area contributed by atoms with Gasteiger partial charge in [0.05, 0.1) is 14.7 Å². The van der Waals surface area contributed by atoms with Gasteiger partial charge in [-0.3, -0.25) is 20.2 Å². The fraction of sp³-hybridized carbons (Fsp3) is 0.231. The molecule has 0 radical (unpaired) electrons. The van der Waals surface area contributed by atoms with Crippen molar-refractivity contribution in [2.75, 3.05) is 0 Å². The van der Waals surface area contributed by atoms with Crippen LogP contribution in [0.15, 0.2) is 39.4 Å². The minimum atomic E-state index is -4.21. The first-order valence-corrected chi connectivity index (χ1v) is 8.73. The normalized spacial score (nSPS) is 11.6. The summed E-state index contributed by atoms with van der Waals surface area (Å²) in [6, 6.07) is 7.14. The molecule has 0 fully saturated rings. The molecule has 10 heteroatoms. The molecule has 0 unspecified atom stereocenters. The van der Waals surface area contributed by atoms with Gasteiger partial charge >= 0.3 is 10.7 Å². The third-order valence-corrected chi connectivity index (χ3v) is 6.52. The molecule has 1 aromatic heterocycles. The number of benzene rings is 1. The maximum absolute atomic E-state index is 12.7. The molecular formula is C13H12N2O6S2. The Morgan fingerprint density at radius 2 is 1.61 bits per heavy atom. The van der Waals surface area contributed by atoms with Gasteiger partial charge in [0, 0.05) is 0 Å². The standard InChI is InChI=1S/C13H12N2O6S2/c1-8(2)10-11(14(16)17)13(22-12(10)15(18)19)23(20,21)9-6-4-3-5-7-9/h3-8H,1-2H3. The van der Waals surface area contributed by atoms with E-state index in [0.29, 0.717) is 11.3 Å². The first-order valence-electron chi connectivity index (χ1n) is 6.43. The SMILES string of the molecule is CC(C)c1c([N+](=O)[O-])sc(S(=O)(=O)c2ccccc2)c1[N+](=O)[O-]. The van der Waals surface area contributed by atoms with Crippen molar-refractivity contribution >= 4 is 31.9 Å². The molecule has 0 aliphatic heterocycles. The lowest BCUT2D eigenvalue weighted by Crippen LogP contribution is -2.04. The van der Waals surface area contributed by atoms with Crippen LogP contribution < -0.4 is 0 Å². The molecule has 23 heavy (non-hydrogen) atoms. The van der Waals surface area contributed by atoms with Gasteiger partial charge in [-0.25, -0.2) is 8.42 Å². The number of sulfone groups is 1. The zero-order valence-corrected chi connectivity index (χ0v) is 13.8. The van der Waals surface area contributed by atoms with Gasteiger partial charge < -0.3 is 0 Å². The summed E-state index contributed by atoms with van der Waals surface area (Å²) in [5.41, 5.74) is -0.875. The van der Waals surface area contributed by atoms with Crippen LogP contribution in [0.25, 0.3) is 0 Å². The van der Waals surface area contributed by atoms with Crippen molar-refractivity contribution in [2.24, 2.45) is 0 Å². The lowest BCUT2D eigenvalue weighted by molar-refractivity contribution is -0.393.